The lowest BCUT2D eigenvalue weighted by Gasteiger charge is -2.56. The van der Waals surface area contributed by atoms with Gasteiger partial charge in [0.25, 0.3) is 0 Å². The predicted molar refractivity (Wildman–Crippen MR) is 76.2 cm³/mol. The van der Waals surface area contributed by atoms with Gasteiger partial charge in [0, 0.05) is 24.2 Å². The number of nitrogens with zero attached hydrogens (tertiary/aromatic N) is 2. The molecule has 1 aromatic heterocycles. The topological polar surface area (TPSA) is 37.8 Å². The number of aromatic nitrogens is 2. The maximum atomic E-state index is 4.82. The molecule has 1 heterocycles. The van der Waals surface area contributed by atoms with Gasteiger partial charge in [0.15, 0.2) is 0 Å². The third-order valence-electron chi connectivity index (χ3n) is 5.62. The van der Waals surface area contributed by atoms with E-state index in [1.165, 1.54) is 38.5 Å². The molecule has 0 unspecified atom stereocenters. The standard InChI is InChI=1S/C16H23N3/c1-10-3-14(17-2)19-15(18-10)16-7-11-4-12(8-16)6-13(5-11)9-16/h3,11-13H,4-9H2,1-2H3,(H,17,18,19). The van der Waals surface area contributed by atoms with E-state index in [0.717, 1.165) is 35.1 Å². The Bertz CT molecular complexity index is 473. The molecular formula is C16H23N3. The van der Waals surface area contributed by atoms with Crippen molar-refractivity contribution in [3.63, 3.8) is 0 Å². The van der Waals surface area contributed by atoms with Crippen LogP contribution in [-0.2, 0) is 5.41 Å². The van der Waals surface area contributed by atoms with Crippen LogP contribution in [0.1, 0.15) is 50.0 Å². The fraction of sp³-hybridized carbons (Fsp3) is 0.750. The van der Waals surface area contributed by atoms with Gasteiger partial charge in [-0.25, -0.2) is 9.97 Å². The molecule has 4 saturated carbocycles. The first-order chi connectivity index (χ1) is 9.17. The number of hydrogen-bond donors (Lipinski definition) is 1. The van der Waals surface area contributed by atoms with Crippen LogP contribution in [0.25, 0.3) is 0 Å². The zero-order chi connectivity index (χ0) is 13.0. The van der Waals surface area contributed by atoms with Gasteiger partial charge in [-0.05, 0) is 63.2 Å². The molecule has 0 aliphatic heterocycles. The molecule has 19 heavy (non-hydrogen) atoms. The zero-order valence-electron chi connectivity index (χ0n) is 11.9. The van der Waals surface area contributed by atoms with Crippen LogP contribution in [0.15, 0.2) is 6.07 Å². The normalized spacial score (nSPS) is 39.6. The predicted octanol–water partition coefficient (Wildman–Crippen LogP) is 3.29. The number of rotatable bonds is 2. The molecule has 3 heteroatoms. The van der Waals surface area contributed by atoms with E-state index in [9.17, 15) is 0 Å². The lowest BCUT2D eigenvalue weighted by molar-refractivity contribution is -0.00940. The number of hydrogen-bond acceptors (Lipinski definition) is 3. The highest BCUT2D eigenvalue weighted by Crippen LogP contribution is 2.60. The molecule has 5 rings (SSSR count). The van der Waals surface area contributed by atoms with E-state index in [2.05, 4.69) is 12.2 Å². The van der Waals surface area contributed by atoms with E-state index in [1.54, 1.807) is 0 Å². The number of nitrogens with one attached hydrogen (secondary N) is 1. The molecule has 0 saturated heterocycles. The first kappa shape index (κ1) is 11.7. The molecule has 4 aliphatic carbocycles. The van der Waals surface area contributed by atoms with Gasteiger partial charge in [0.05, 0.1) is 0 Å². The minimum Gasteiger partial charge on any atom is -0.373 e. The third kappa shape index (κ3) is 1.78. The maximum absolute atomic E-state index is 4.82. The summed E-state index contributed by atoms with van der Waals surface area (Å²) in [5, 5.41) is 3.19. The Morgan fingerprint density at radius 1 is 1.05 bits per heavy atom. The lowest BCUT2D eigenvalue weighted by atomic mass is 9.49. The highest BCUT2D eigenvalue weighted by atomic mass is 15.0. The van der Waals surface area contributed by atoms with Crippen molar-refractivity contribution >= 4 is 5.82 Å². The summed E-state index contributed by atoms with van der Waals surface area (Å²) in [5.74, 6) is 4.98. The molecule has 3 nitrogen and oxygen atoms in total. The largest absolute Gasteiger partial charge is 0.373 e. The molecule has 0 atom stereocenters. The van der Waals surface area contributed by atoms with Crippen molar-refractivity contribution in [1.82, 2.24) is 9.97 Å². The average Bonchev–Trinajstić information content (AvgIpc) is 2.36. The van der Waals surface area contributed by atoms with Crippen LogP contribution in [0.5, 0.6) is 0 Å². The SMILES string of the molecule is CNc1cc(C)nc(C23CC4CC(CC(C4)C2)C3)n1. The van der Waals surface area contributed by atoms with Crippen molar-refractivity contribution in [3.8, 4) is 0 Å². The van der Waals surface area contributed by atoms with Gasteiger partial charge in [-0.1, -0.05) is 0 Å². The average molecular weight is 257 g/mol. The zero-order valence-corrected chi connectivity index (χ0v) is 11.9. The van der Waals surface area contributed by atoms with Crippen molar-refractivity contribution in [3.05, 3.63) is 17.6 Å². The fourth-order valence-corrected chi connectivity index (χ4v) is 5.32. The molecule has 0 spiro atoms. The summed E-state index contributed by atoms with van der Waals surface area (Å²) >= 11 is 0. The summed E-state index contributed by atoms with van der Waals surface area (Å²) in [4.78, 5) is 9.64. The van der Waals surface area contributed by atoms with E-state index >= 15 is 0 Å². The Hall–Kier alpha value is -1.12. The van der Waals surface area contributed by atoms with Crippen LogP contribution in [-0.4, -0.2) is 17.0 Å². The van der Waals surface area contributed by atoms with Crippen LogP contribution in [0.4, 0.5) is 5.82 Å². The molecule has 102 valence electrons. The van der Waals surface area contributed by atoms with Gasteiger partial charge in [-0.2, -0.15) is 0 Å². The van der Waals surface area contributed by atoms with Gasteiger partial charge in [-0.15, -0.1) is 0 Å². The van der Waals surface area contributed by atoms with E-state index in [4.69, 9.17) is 9.97 Å². The van der Waals surface area contributed by atoms with Crippen molar-refractivity contribution in [2.45, 2.75) is 50.9 Å². The maximum Gasteiger partial charge on any atom is 0.137 e. The summed E-state index contributed by atoms with van der Waals surface area (Å²) in [7, 11) is 1.95. The van der Waals surface area contributed by atoms with Crippen molar-refractivity contribution in [1.29, 1.82) is 0 Å². The van der Waals surface area contributed by atoms with E-state index < -0.39 is 0 Å². The second-order valence-corrected chi connectivity index (χ2v) is 7.17. The quantitative estimate of drug-likeness (QED) is 0.883. The summed E-state index contributed by atoms with van der Waals surface area (Å²) < 4.78 is 0. The second kappa shape index (κ2) is 3.94. The van der Waals surface area contributed by atoms with Crippen LogP contribution in [0.3, 0.4) is 0 Å². The Morgan fingerprint density at radius 3 is 2.16 bits per heavy atom. The van der Waals surface area contributed by atoms with Gasteiger partial charge in [0.2, 0.25) is 0 Å². The number of aryl methyl sites for hydroxylation is 1. The number of anilines is 1. The molecule has 1 aromatic rings. The molecule has 0 amide bonds. The smallest absolute Gasteiger partial charge is 0.137 e. The third-order valence-corrected chi connectivity index (χ3v) is 5.62. The van der Waals surface area contributed by atoms with Crippen molar-refractivity contribution in [2.75, 3.05) is 12.4 Å². The summed E-state index contributed by atoms with van der Waals surface area (Å²) in [6, 6.07) is 2.05. The monoisotopic (exact) mass is 257 g/mol. The van der Waals surface area contributed by atoms with Gasteiger partial charge >= 0.3 is 0 Å². The molecule has 4 fully saturated rings. The van der Waals surface area contributed by atoms with Gasteiger partial charge in [-0.3, -0.25) is 0 Å². The molecule has 4 bridgehead atoms. The van der Waals surface area contributed by atoms with Crippen LogP contribution < -0.4 is 5.32 Å². The molecule has 0 radical (unpaired) electrons. The van der Waals surface area contributed by atoms with E-state index in [-0.39, 0.29) is 0 Å². The highest BCUT2D eigenvalue weighted by molar-refractivity contribution is 5.36. The van der Waals surface area contributed by atoms with Gasteiger partial charge < -0.3 is 5.32 Å². The second-order valence-electron chi connectivity index (χ2n) is 7.17. The first-order valence-corrected chi connectivity index (χ1v) is 7.71. The molecule has 1 N–H and O–H groups in total. The van der Waals surface area contributed by atoms with Crippen molar-refractivity contribution in [2.24, 2.45) is 17.8 Å². The van der Waals surface area contributed by atoms with Crippen LogP contribution in [0, 0.1) is 24.7 Å². The van der Waals surface area contributed by atoms with Crippen molar-refractivity contribution < 1.29 is 0 Å². The Labute approximate surface area is 115 Å². The van der Waals surface area contributed by atoms with Gasteiger partial charge in [0.1, 0.15) is 11.6 Å². The Kier molecular flexibility index (Phi) is 2.42. The summed E-state index contributed by atoms with van der Waals surface area (Å²) in [6.07, 6.45) is 8.45. The van der Waals surface area contributed by atoms with Crippen LogP contribution >= 0.6 is 0 Å². The Morgan fingerprint density at radius 2 is 1.63 bits per heavy atom. The summed E-state index contributed by atoms with van der Waals surface area (Å²) in [5.41, 5.74) is 1.41. The molecular weight excluding hydrogens is 234 g/mol. The minimum atomic E-state index is 0.312. The molecule has 4 aliphatic rings. The molecule has 0 aromatic carbocycles. The first-order valence-electron chi connectivity index (χ1n) is 7.71. The van der Waals surface area contributed by atoms with E-state index in [1.807, 2.05) is 13.1 Å². The van der Waals surface area contributed by atoms with Crippen LogP contribution in [0.2, 0.25) is 0 Å². The fourth-order valence-electron chi connectivity index (χ4n) is 5.32. The highest BCUT2D eigenvalue weighted by Gasteiger charge is 2.53. The van der Waals surface area contributed by atoms with E-state index in [0.29, 0.717) is 5.41 Å². The Balaban J connectivity index is 1.77. The lowest BCUT2D eigenvalue weighted by Crippen LogP contribution is -2.49. The summed E-state index contributed by atoms with van der Waals surface area (Å²) in [6.45, 7) is 2.09. The minimum absolute atomic E-state index is 0.312.